The van der Waals surface area contributed by atoms with Crippen molar-refractivity contribution in [3.63, 3.8) is 0 Å². The van der Waals surface area contributed by atoms with Gasteiger partial charge in [-0.25, -0.2) is 0 Å². The lowest BCUT2D eigenvalue weighted by Gasteiger charge is -2.46. The van der Waals surface area contributed by atoms with Crippen LogP contribution in [-0.2, 0) is 20.2 Å². The van der Waals surface area contributed by atoms with Crippen molar-refractivity contribution in [1.29, 1.82) is 0 Å². The Labute approximate surface area is 136 Å². The van der Waals surface area contributed by atoms with E-state index in [0.717, 1.165) is 0 Å². The largest absolute Gasteiger partial charge is 0.405 e. The smallest absolute Gasteiger partial charge is 0.285 e. The molecule has 0 aromatic rings. The molecule has 2 N–H and O–H groups in total. The van der Waals surface area contributed by atoms with Crippen LogP contribution in [0.1, 0.15) is 0 Å². The van der Waals surface area contributed by atoms with Gasteiger partial charge in [0.15, 0.2) is 9.75 Å². The maximum Gasteiger partial charge on any atom is 0.405 e. The number of alkyl halides is 6. The molecule has 24 heavy (non-hydrogen) atoms. The Morgan fingerprint density at radius 2 is 0.833 bits per heavy atom. The average Bonchev–Trinajstić information content (AvgIpc) is 2.02. The van der Waals surface area contributed by atoms with E-state index in [1.165, 1.54) is 0 Å². The molecule has 0 radical (unpaired) electrons. The van der Waals surface area contributed by atoms with E-state index in [2.05, 4.69) is 0 Å². The third-order valence-electron chi connectivity index (χ3n) is 4.16. The fourth-order valence-corrected chi connectivity index (χ4v) is 25.4. The lowest BCUT2D eigenvalue weighted by Crippen LogP contribution is -2.76. The van der Waals surface area contributed by atoms with Crippen LogP contribution in [0.25, 0.3) is 0 Å². The molecular weight excluding hydrogens is 426 g/mol. The second kappa shape index (κ2) is 6.22. The minimum Gasteiger partial charge on any atom is -0.285 e. The van der Waals surface area contributed by atoms with Gasteiger partial charge in [-0.05, 0) is 0 Å². The van der Waals surface area contributed by atoms with Gasteiger partial charge in [0.2, 0.25) is 0 Å². The predicted octanol–water partition coefficient (Wildman–Crippen LogP) is 2.20. The first kappa shape index (κ1) is 23.8. The zero-order valence-electron chi connectivity index (χ0n) is 12.8. The van der Waals surface area contributed by atoms with E-state index in [-0.39, 0.29) is 0 Å². The van der Waals surface area contributed by atoms with Crippen LogP contribution in [0.15, 0.2) is 0 Å². The van der Waals surface area contributed by atoms with Gasteiger partial charge in [-0.2, -0.15) is 43.2 Å². The highest BCUT2D eigenvalue weighted by molar-refractivity contribution is 7.92. The van der Waals surface area contributed by atoms with Crippen molar-refractivity contribution in [2.75, 3.05) is 0 Å². The van der Waals surface area contributed by atoms with Crippen LogP contribution < -0.4 is 0 Å². The van der Waals surface area contributed by atoms with Crippen molar-refractivity contribution < 1.29 is 52.3 Å². The van der Waals surface area contributed by atoms with Gasteiger partial charge in [0.25, 0.3) is 20.2 Å². The molecule has 16 heteroatoms. The summed E-state index contributed by atoms with van der Waals surface area (Å²) < 4.78 is 141. The lowest BCUT2D eigenvalue weighted by molar-refractivity contribution is -0.121. The van der Waals surface area contributed by atoms with Crippen LogP contribution in [-0.4, -0.2) is 63.2 Å². The monoisotopic (exact) mass is 442 g/mol. The SMILES string of the molecule is C[Si](C)(C(C(F)(F)F)S(=O)(=O)O)[Si](C)(C)C(C(F)(F)F)S(=O)(=O)O. The van der Waals surface area contributed by atoms with Gasteiger partial charge in [-0.3, -0.25) is 9.11 Å². The number of rotatable bonds is 5. The van der Waals surface area contributed by atoms with Gasteiger partial charge in [0.1, 0.15) is 0 Å². The second-order valence-corrected chi connectivity index (χ2v) is 25.9. The van der Waals surface area contributed by atoms with Crippen LogP contribution in [0.4, 0.5) is 26.3 Å². The molecule has 0 bridgehead atoms. The fraction of sp³-hybridized carbons (Fsp3) is 1.00. The molecule has 146 valence electrons. The molecule has 0 fully saturated rings. The molecule has 0 amide bonds. The van der Waals surface area contributed by atoms with Gasteiger partial charge in [-0.15, -0.1) is 0 Å². The van der Waals surface area contributed by atoms with Gasteiger partial charge >= 0.3 is 12.4 Å². The Morgan fingerprint density at radius 3 is 0.917 bits per heavy atom. The summed E-state index contributed by atoms with van der Waals surface area (Å²) in [6, 6.07) is 0. The summed E-state index contributed by atoms with van der Waals surface area (Å²) in [5, 5.41) is 0. The molecular formula is C8H16F6O6S2Si2. The third-order valence-corrected chi connectivity index (χ3v) is 30.8. The van der Waals surface area contributed by atoms with Crippen LogP contribution >= 0.6 is 0 Å². The second-order valence-electron chi connectivity index (χ2n) is 6.32. The standard InChI is InChI=1S/C8H16F6O6S2Si2/c1-23(2,5(7(9,10)11)21(15,16)17)24(3,4)6(8(12,13)14)22(18,19)20/h5-6H,1-4H3,(H,15,16,17)(H,18,19,20). The van der Waals surface area contributed by atoms with Crippen LogP contribution in [0.2, 0.25) is 26.2 Å². The number of hydrogen-bond donors (Lipinski definition) is 2. The molecule has 0 spiro atoms. The zero-order valence-corrected chi connectivity index (χ0v) is 16.4. The Balaban J connectivity index is 6.72. The van der Waals surface area contributed by atoms with Crippen LogP contribution in [0.5, 0.6) is 0 Å². The fourth-order valence-electron chi connectivity index (χ4n) is 2.58. The topological polar surface area (TPSA) is 109 Å². The van der Waals surface area contributed by atoms with Crippen molar-refractivity contribution in [3.05, 3.63) is 0 Å². The summed E-state index contributed by atoms with van der Waals surface area (Å²) in [6.07, 6.45) is -11.2. The molecule has 0 rings (SSSR count). The van der Waals surface area contributed by atoms with Gasteiger partial charge < -0.3 is 0 Å². The van der Waals surface area contributed by atoms with Crippen molar-refractivity contribution >= 4 is 35.4 Å². The van der Waals surface area contributed by atoms with Gasteiger partial charge in [-0.1, -0.05) is 26.2 Å². The lowest BCUT2D eigenvalue weighted by atomic mass is 10.8. The van der Waals surface area contributed by atoms with E-state index in [9.17, 15) is 43.2 Å². The molecule has 0 saturated carbocycles. The molecule has 0 aliphatic carbocycles. The Bertz CT molecular complexity index is 621. The predicted molar refractivity (Wildman–Crippen MR) is 77.7 cm³/mol. The maximum atomic E-state index is 13.1. The quantitative estimate of drug-likeness (QED) is 0.384. The minimum absolute atomic E-state index is 0.606. The highest BCUT2D eigenvalue weighted by Crippen LogP contribution is 2.43. The molecule has 2 atom stereocenters. The first-order valence-electron chi connectivity index (χ1n) is 6.04. The highest BCUT2D eigenvalue weighted by atomic mass is 32.2. The van der Waals surface area contributed by atoms with E-state index in [0.29, 0.717) is 26.2 Å². The molecule has 6 nitrogen and oxygen atoms in total. The molecule has 0 aliphatic heterocycles. The molecule has 0 aromatic carbocycles. The van der Waals surface area contributed by atoms with Crippen LogP contribution in [0, 0.1) is 0 Å². The molecule has 0 aromatic heterocycles. The highest BCUT2D eigenvalue weighted by Gasteiger charge is 2.70. The summed E-state index contributed by atoms with van der Waals surface area (Å²) in [4.78, 5) is -7.04. The molecule has 2 unspecified atom stereocenters. The molecule has 0 aliphatic rings. The summed E-state index contributed by atoms with van der Waals surface area (Å²) in [5.74, 6) is 0. The summed E-state index contributed by atoms with van der Waals surface area (Å²) in [7, 11) is -21.1. The van der Waals surface area contributed by atoms with Crippen LogP contribution in [0.3, 0.4) is 0 Å². The van der Waals surface area contributed by atoms with E-state index in [1.807, 2.05) is 0 Å². The van der Waals surface area contributed by atoms with Gasteiger partial charge in [0.05, 0.1) is 15.2 Å². The van der Waals surface area contributed by atoms with E-state index in [1.54, 1.807) is 0 Å². The third kappa shape index (κ3) is 4.71. The minimum atomic E-state index is -5.86. The maximum absolute atomic E-state index is 13.1. The van der Waals surface area contributed by atoms with Crippen molar-refractivity contribution in [1.82, 2.24) is 0 Å². The van der Waals surface area contributed by atoms with E-state index >= 15 is 0 Å². The summed E-state index contributed by atoms with van der Waals surface area (Å²) in [5.41, 5.74) is 0. The Kier molecular flexibility index (Phi) is 6.18. The number of hydrogen-bond acceptors (Lipinski definition) is 4. The zero-order chi connectivity index (χ0) is 20.2. The van der Waals surface area contributed by atoms with E-state index < -0.39 is 57.5 Å². The number of halogens is 6. The average molecular weight is 443 g/mol. The summed E-state index contributed by atoms with van der Waals surface area (Å²) in [6.45, 7) is 2.42. The van der Waals surface area contributed by atoms with Crippen molar-refractivity contribution in [3.8, 4) is 0 Å². The van der Waals surface area contributed by atoms with Crippen molar-refractivity contribution in [2.45, 2.75) is 48.3 Å². The Hall–Kier alpha value is -0.166. The Morgan fingerprint density at radius 1 is 0.667 bits per heavy atom. The molecule has 0 saturated heterocycles. The first-order valence-corrected chi connectivity index (χ1v) is 16.2. The normalized spacial score (nSPS) is 18.3. The first-order chi connectivity index (χ1) is 9.98. The van der Waals surface area contributed by atoms with Gasteiger partial charge in [0, 0.05) is 0 Å². The summed E-state index contributed by atoms with van der Waals surface area (Å²) >= 11 is 0. The van der Waals surface area contributed by atoms with Crippen molar-refractivity contribution in [2.24, 2.45) is 0 Å². The van der Waals surface area contributed by atoms with E-state index in [4.69, 9.17) is 9.11 Å². The molecule has 0 heterocycles.